The molecule has 2 aromatic carbocycles. The Morgan fingerprint density at radius 1 is 0.678 bits per heavy atom. The van der Waals surface area contributed by atoms with E-state index in [-0.39, 0.29) is 31.4 Å². The number of carbonyl (C=O) groups excluding carboxylic acids is 5. The summed E-state index contributed by atoms with van der Waals surface area (Å²) in [5.74, 6) is -3.39. The molecule has 0 radical (unpaired) electrons. The Hall–Kier alpha value is -6.32. The fourth-order valence-corrected chi connectivity index (χ4v) is 6.35. The number of aromatic hydroxyl groups is 1. The summed E-state index contributed by atoms with van der Waals surface area (Å²) in [7, 11) is 0. The van der Waals surface area contributed by atoms with Gasteiger partial charge in [-0.05, 0) is 105 Å². The van der Waals surface area contributed by atoms with Gasteiger partial charge in [0.25, 0.3) is 0 Å². The average molecular weight is 824 g/mol. The molecule has 0 saturated heterocycles. The summed E-state index contributed by atoms with van der Waals surface area (Å²) in [6.45, 7) is 6.76. The summed E-state index contributed by atoms with van der Waals surface area (Å²) in [5, 5.41) is 22.5. The number of halogens is 1. The zero-order valence-corrected chi connectivity index (χ0v) is 34.0. The van der Waals surface area contributed by atoms with E-state index < -0.39 is 64.7 Å². The van der Waals surface area contributed by atoms with Crippen LogP contribution in [-0.2, 0) is 49.7 Å². The van der Waals surface area contributed by atoms with E-state index in [9.17, 15) is 29.1 Å². The number of carbonyl (C=O) groups is 5. The molecule has 3 heterocycles. The van der Waals surface area contributed by atoms with Crippen LogP contribution >= 0.6 is 11.6 Å². The standard InChI is InChI=1S/C43H50ClN9O6/c1-42(2,43(3,4)46)41(59)53-36(22-28-24-49-32-10-9-30(54)23-31(28)32)40(58)52-34(20-25-5-7-29(44)8-6-25)39(57)51-35(21-27-13-17-48-18-14-27)38(56)50-33(37(45)55)19-26-11-15-47-16-12-26/h5-18,23-24,33-36,49,54H,19-22,46H2,1-4H3,(H2,45,55)(H,50,56)(H,51,57)(H,52,58)(H,53,59)/t33-,34+,35+,36+/m1/s1. The lowest BCUT2D eigenvalue weighted by molar-refractivity contribution is -0.137. The molecule has 5 amide bonds. The number of primary amides is 1. The molecule has 0 aliphatic carbocycles. The minimum Gasteiger partial charge on any atom is -0.508 e. The molecule has 59 heavy (non-hydrogen) atoms. The minimum absolute atomic E-state index is 0.00150. The highest BCUT2D eigenvalue weighted by Gasteiger charge is 2.42. The van der Waals surface area contributed by atoms with Crippen LogP contribution in [0.2, 0.25) is 5.02 Å². The Balaban J connectivity index is 1.47. The van der Waals surface area contributed by atoms with Crippen LogP contribution in [0.3, 0.4) is 0 Å². The summed E-state index contributed by atoms with van der Waals surface area (Å²) in [5.41, 5.74) is 13.3. The van der Waals surface area contributed by atoms with Gasteiger partial charge in [-0.15, -0.1) is 0 Å². The number of nitrogens with two attached hydrogens (primary N) is 2. The topological polar surface area (TPSA) is 247 Å². The Labute approximate surface area is 347 Å². The van der Waals surface area contributed by atoms with Crippen molar-refractivity contribution in [2.75, 3.05) is 0 Å². The van der Waals surface area contributed by atoms with E-state index in [0.29, 0.717) is 38.2 Å². The van der Waals surface area contributed by atoms with Crippen molar-refractivity contribution in [1.82, 2.24) is 36.2 Å². The first-order valence-corrected chi connectivity index (χ1v) is 19.4. The number of pyridine rings is 2. The summed E-state index contributed by atoms with van der Waals surface area (Å²) in [6.07, 6.45) is 7.89. The van der Waals surface area contributed by atoms with Gasteiger partial charge in [-0.2, -0.15) is 0 Å². The SMILES string of the molecule is CC(C)(N)C(C)(C)C(=O)N[C@@H](Cc1c[nH]c2ccc(O)cc12)C(=O)N[C@@H](Cc1ccc(Cl)cc1)C(=O)N[C@@H](Cc1ccncc1)C(=O)N[C@H](Cc1ccncc1)C(N)=O. The van der Waals surface area contributed by atoms with Gasteiger partial charge in [0.1, 0.15) is 29.9 Å². The molecule has 5 aromatic rings. The van der Waals surface area contributed by atoms with E-state index >= 15 is 0 Å². The maximum Gasteiger partial charge on any atom is 0.243 e. The number of benzene rings is 2. The van der Waals surface area contributed by atoms with Crippen molar-refractivity contribution in [3.63, 3.8) is 0 Å². The van der Waals surface area contributed by atoms with Crippen LogP contribution in [0.1, 0.15) is 49.9 Å². The Morgan fingerprint density at radius 2 is 1.14 bits per heavy atom. The number of phenols is 1. The van der Waals surface area contributed by atoms with E-state index in [1.807, 2.05) is 0 Å². The van der Waals surface area contributed by atoms with E-state index in [1.54, 1.807) is 119 Å². The summed E-state index contributed by atoms with van der Waals surface area (Å²) in [6, 6.07) is 13.3. The molecule has 310 valence electrons. The second-order valence-electron chi connectivity index (χ2n) is 15.7. The van der Waals surface area contributed by atoms with Gasteiger partial charge in [0.05, 0.1) is 5.41 Å². The van der Waals surface area contributed by atoms with Crippen molar-refractivity contribution >= 4 is 52.0 Å². The molecule has 0 spiro atoms. The third kappa shape index (κ3) is 11.6. The van der Waals surface area contributed by atoms with Crippen molar-refractivity contribution in [3.05, 3.63) is 125 Å². The third-order valence-corrected chi connectivity index (χ3v) is 10.9. The van der Waals surface area contributed by atoms with E-state index in [0.717, 1.165) is 0 Å². The molecular formula is C43H50ClN9O6. The van der Waals surface area contributed by atoms with Crippen LogP contribution in [0.25, 0.3) is 10.9 Å². The Bertz CT molecular complexity index is 2260. The van der Waals surface area contributed by atoms with Crippen molar-refractivity contribution < 1.29 is 29.1 Å². The first-order valence-electron chi connectivity index (χ1n) is 19.0. The minimum atomic E-state index is -1.29. The van der Waals surface area contributed by atoms with Gasteiger partial charge in [-0.25, -0.2) is 0 Å². The number of nitrogens with zero attached hydrogens (tertiary/aromatic N) is 2. The molecule has 4 atom stereocenters. The molecule has 0 saturated carbocycles. The van der Waals surface area contributed by atoms with Gasteiger partial charge in [-0.3, -0.25) is 33.9 Å². The number of amides is 5. The number of aromatic amines is 1. The molecule has 0 fully saturated rings. The first kappa shape index (κ1) is 43.8. The quantitative estimate of drug-likeness (QED) is 0.0647. The average Bonchev–Trinajstić information content (AvgIpc) is 3.59. The summed E-state index contributed by atoms with van der Waals surface area (Å²) in [4.78, 5) is 80.5. The maximum absolute atomic E-state index is 14.5. The zero-order chi connectivity index (χ0) is 42.9. The van der Waals surface area contributed by atoms with Gasteiger partial charge >= 0.3 is 0 Å². The lowest BCUT2D eigenvalue weighted by Crippen LogP contribution is -2.61. The number of phenolic OH excluding ortho intramolecular Hbond substituents is 1. The maximum atomic E-state index is 14.5. The monoisotopic (exact) mass is 823 g/mol. The normalized spacial score (nSPS) is 13.7. The van der Waals surface area contributed by atoms with Crippen molar-refractivity contribution in [2.45, 2.75) is 83.1 Å². The predicted molar refractivity (Wildman–Crippen MR) is 224 cm³/mol. The van der Waals surface area contributed by atoms with Crippen molar-refractivity contribution in [3.8, 4) is 5.75 Å². The first-order chi connectivity index (χ1) is 27.9. The molecule has 3 aromatic heterocycles. The zero-order valence-electron chi connectivity index (χ0n) is 33.3. The molecular weight excluding hydrogens is 774 g/mol. The molecule has 0 unspecified atom stereocenters. The van der Waals surface area contributed by atoms with Gasteiger partial charge in [0.15, 0.2) is 0 Å². The summed E-state index contributed by atoms with van der Waals surface area (Å²) >= 11 is 6.17. The number of fused-ring (bicyclic) bond motifs is 1. The van der Waals surface area contributed by atoms with Crippen LogP contribution in [0.5, 0.6) is 5.75 Å². The molecule has 15 nitrogen and oxygen atoms in total. The number of nitrogens with one attached hydrogen (secondary N) is 5. The largest absolute Gasteiger partial charge is 0.508 e. The molecule has 0 aliphatic rings. The smallest absolute Gasteiger partial charge is 0.243 e. The second-order valence-corrected chi connectivity index (χ2v) is 16.1. The van der Waals surface area contributed by atoms with Crippen LogP contribution in [-0.4, -0.2) is 79.3 Å². The lowest BCUT2D eigenvalue weighted by Gasteiger charge is -2.38. The van der Waals surface area contributed by atoms with Gasteiger partial charge in [-0.1, -0.05) is 23.7 Å². The van der Waals surface area contributed by atoms with Gasteiger partial charge in [0, 0.05) is 78.1 Å². The van der Waals surface area contributed by atoms with Crippen LogP contribution in [0.15, 0.2) is 97.7 Å². The highest BCUT2D eigenvalue weighted by Crippen LogP contribution is 2.29. The third-order valence-electron chi connectivity index (χ3n) is 10.6. The van der Waals surface area contributed by atoms with Crippen LogP contribution in [0, 0.1) is 5.41 Å². The van der Waals surface area contributed by atoms with E-state index in [4.69, 9.17) is 23.1 Å². The highest BCUT2D eigenvalue weighted by atomic mass is 35.5. The number of rotatable bonds is 18. The van der Waals surface area contributed by atoms with Crippen molar-refractivity contribution in [2.24, 2.45) is 16.9 Å². The van der Waals surface area contributed by atoms with Crippen LogP contribution < -0.4 is 32.7 Å². The predicted octanol–water partition coefficient (Wildman–Crippen LogP) is 2.78. The number of hydrogen-bond acceptors (Lipinski definition) is 9. The number of hydrogen-bond donors (Lipinski definition) is 8. The fraction of sp³-hybridized carbons (Fsp3) is 0.326. The fourth-order valence-electron chi connectivity index (χ4n) is 6.22. The molecule has 16 heteroatoms. The molecule has 5 rings (SSSR count). The van der Waals surface area contributed by atoms with E-state index in [2.05, 4.69) is 36.2 Å². The van der Waals surface area contributed by atoms with Crippen molar-refractivity contribution in [1.29, 1.82) is 0 Å². The van der Waals surface area contributed by atoms with Gasteiger partial charge in [0.2, 0.25) is 29.5 Å². The lowest BCUT2D eigenvalue weighted by atomic mass is 9.74. The van der Waals surface area contributed by atoms with Gasteiger partial charge < -0.3 is 42.8 Å². The summed E-state index contributed by atoms with van der Waals surface area (Å²) < 4.78 is 0. The molecule has 0 aliphatic heterocycles. The highest BCUT2D eigenvalue weighted by molar-refractivity contribution is 6.30. The van der Waals surface area contributed by atoms with Crippen LogP contribution in [0.4, 0.5) is 0 Å². The molecule has 0 bridgehead atoms. The Kier molecular flexibility index (Phi) is 14.1. The Morgan fingerprint density at radius 3 is 1.63 bits per heavy atom. The second kappa shape index (κ2) is 19.0. The number of aromatic nitrogens is 3. The number of H-pyrrole nitrogens is 1. The van der Waals surface area contributed by atoms with E-state index in [1.165, 1.54) is 6.07 Å². The molecule has 10 N–H and O–H groups in total.